The third kappa shape index (κ3) is 3.55. The van der Waals surface area contributed by atoms with Gasteiger partial charge in [0.15, 0.2) is 5.82 Å². The summed E-state index contributed by atoms with van der Waals surface area (Å²) >= 11 is 0. The quantitative estimate of drug-likeness (QED) is 0.783. The number of H-pyrrole nitrogens is 1. The van der Waals surface area contributed by atoms with Crippen LogP contribution in [-0.2, 0) is 11.2 Å². The molecule has 2 aromatic heterocycles. The number of amides is 1. The normalized spacial score (nSPS) is 9.90. The molecule has 0 aromatic carbocycles. The second-order valence-electron chi connectivity index (χ2n) is 4.09. The fraction of sp³-hybridized carbons (Fsp3) is 0.308. The van der Waals surface area contributed by atoms with E-state index < -0.39 is 0 Å². The number of hydrogen-bond acceptors (Lipinski definition) is 4. The molecule has 0 saturated heterocycles. The van der Waals surface area contributed by atoms with E-state index in [-0.39, 0.29) is 24.9 Å². The monoisotopic (exact) mass is 295 g/mol. The molecule has 1 amide bonds. The second-order valence-corrected chi connectivity index (χ2v) is 4.09. The lowest BCUT2D eigenvalue weighted by atomic mass is 10.1. The Kier molecular flexibility index (Phi) is 6.14. The van der Waals surface area contributed by atoms with Gasteiger partial charge >= 0.3 is 0 Å². The first-order chi connectivity index (χ1) is 9.26. The summed E-state index contributed by atoms with van der Waals surface area (Å²) in [6, 6.07) is 3.82. The van der Waals surface area contributed by atoms with E-state index in [0.29, 0.717) is 5.82 Å². The number of rotatable bonds is 5. The SMILES string of the molecule is CCc1c(NC(=O)CNC)n[nH]c1-c1ccncc1.Cl. The van der Waals surface area contributed by atoms with E-state index in [1.54, 1.807) is 19.4 Å². The smallest absolute Gasteiger partial charge is 0.239 e. The van der Waals surface area contributed by atoms with Crippen molar-refractivity contribution in [1.29, 1.82) is 0 Å². The largest absolute Gasteiger partial charge is 0.311 e. The molecule has 0 saturated carbocycles. The van der Waals surface area contributed by atoms with E-state index in [0.717, 1.165) is 23.2 Å². The van der Waals surface area contributed by atoms with Crippen LogP contribution in [-0.4, -0.2) is 34.7 Å². The molecule has 0 aliphatic rings. The lowest BCUT2D eigenvalue weighted by Gasteiger charge is -2.05. The number of hydrogen-bond donors (Lipinski definition) is 3. The number of nitrogens with one attached hydrogen (secondary N) is 3. The number of carbonyl (C=O) groups is 1. The van der Waals surface area contributed by atoms with Gasteiger partial charge in [0.05, 0.1) is 12.2 Å². The van der Waals surface area contributed by atoms with Gasteiger partial charge in [-0.2, -0.15) is 5.10 Å². The molecule has 0 spiro atoms. The molecule has 0 radical (unpaired) electrons. The third-order valence-electron chi connectivity index (χ3n) is 2.78. The van der Waals surface area contributed by atoms with Crippen molar-refractivity contribution in [2.24, 2.45) is 0 Å². The topological polar surface area (TPSA) is 82.7 Å². The fourth-order valence-corrected chi connectivity index (χ4v) is 1.91. The van der Waals surface area contributed by atoms with Crippen LogP contribution in [0.15, 0.2) is 24.5 Å². The second kappa shape index (κ2) is 7.62. The Morgan fingerprint density at radius 2 is 2.05 bits per heavy atom. The summed E-state index contributed by atoms with van der Waals surface area (Å²) < 4.78 is 0. The summed E-state index contributed by atoms with van der Waals surface area (Å²) in [5.74, 6) is 0.486. The Morgan fingerprint density at radius 3 is 2.65 bits per heavy atom. The van der Waals surface area contributed by atoms with Gasteiger partial charge < -0.3 is 10.6 Å². The van der Waals surface area contributed by atoms with Gasteiger partial charge in [0.1, 0.15) is 0 Å². The van der Waals surface area contributed by atoms with Crippen LogP contribution < -0.4 is 10.6 Å². The number of likely N-dealkylation sites (N-methyl/N-ethyl adjacent to an activating group) is 1. The number of nitrogens with zero attached hydrogens (tertiary/aromatic N) is 2. The maximum Gasteiger partial charge on any atom is 0.239 e. The van der Waals surface area contributed by atoms with Crippen LogP contribution in [0.1, 0.15) is 12.5 Å². The van der Waals surface area contributed by atoms with Crippen molar-refractivity contribution in [1.82, 2.24) is 20.5 Å². The highest BCUT2D eigenvalue weighted by Gasteiger charge is 2.14. The number of anilines is 1. The molecule has 6 nitrogen and oxygen atoms in total. The zero-order chi connectivity index (χ0) is 13.7. The first-order valence-electron chi connectivity index (χ1n) is 6.18. The molecule has 0 atom stereocenters. The van der Waals surface area contributed by atoms with Crippen LogP contribution in [0.5, 0.6) is 0 Å². The van der Waals surface area contributed by atoms with Gasteiger partial charge in [0.25, 0.3) is 0 Å². The Hall–Kier alpha value is -1.92. The van der Waals surface area contributed by atoms with E-state index in [2.05, 4.69) is 25.8 Å². The van der Waals surface area contributed by atoms with Gasteiger partial charge in [0, 0.05) is 23.5 Å². The Morgan fingerprint density at radius 1 is 1.35 bits per heavy atom. The van der Waals surface area contributed by atoms with Gasteiger partial charge in [0.2, 0.25) is 5.91 Å². The molecular weight excluding hydrogens is 278 g/mol. The van der Waals surface area contributed by atoms with Gasteiger partial charge in [-0.3, -0.25) is 14.9 Å². The molecule has 2 aromatic rings. The van der Waals surface area contributed by atoms with Crippen LogP contribution in [0.25, 0.3) is 11.3 Å². The van der Waals surface area contributed by atoms with E-state index in [1.165, 1.54) is 0 Å². The minimum absolute atomic E-state index is 0. The minimum Gasteiger partial charge on any atom is -0.311 e. The first-order valence-corrected chi connectivity index (χ1v) is 6.18. The van der Waals surface area contributed by atoms with Gasteiger partial charge in [-0.25, -0.2) is 0 Å². The van der Waals surface area contributed by atoms with Crippen LogP contribution in [0.3, 0.4) is 0 Å². The highest BCUT2D eigenvalue weighted by Crippen LogP contribution is 2.26. The average Bonchev–Trinajstić information content (AvgIpc) is 2.82. The Bertz CT molecular complexity index is 555. The highest BCUT2D eigenvalue weighted by molar-refractivity contribution is 5.92. The molecule has 7 heteroatoms. The molecule has 0 aliphatic heterocycles. The summed E-state index contributed by atoms with van der Waals surface area (Å²) in [5, 5.41) is 12.8. The number of aromatic amines is 1. The Balaban J connectivity index is 0.00000200. The van der Waals surface area contributed by atoms with Crippen molar-refractivity contribution in [3.8, 4) is 11.3 Å². The van der Waals surface area contributed by atoms with E-state index in [9.17, 15) is 4.79 Å². The lowest BCUT2D eigenvalue weighted by molar-refractivity contribution is -0.115. The summed E-state index contributed by atoms with van der Waals surface area (Å²) in [7, 11) is 1.73. The average molecular weight is 296 g/mol. The number of carbonyl (C=O) groups excluding carboxylic acids is 1. The lowest BCUT2D eigenvalue weighted by Crippen LogP contribution is -2.25. The molecule has 2 rings (SSSR count). The predicted octanol–water partition coefficient (Wildman–Crippen LogP) is 1.61. The molecule has 0 aliphatic carbocycles. The third-order valence-corrected chi connectivity index (χ3v) is 2.78. The molecule has 0 fully saturated rings. The minimum atomic E-state index is -0.107. The summed E-state index contributed by atoms with van der Waals surface area (Å²) in [6.07, 6.45) is 4.24. The number of halogens is 1. The van der Waals surface area contributed by atoms with Gasteiger partial charge in [-0.05, 0) is 25.6 Å². The molecule has 0 unspecified atom stereocenters. The molecule has 2 heterocycles. The fourth-order valence-electron chi connectivity index (χ4n) is 1.91. The maximum atomic E-state index is 11.6. The van der Waals surface area contributed by atoms with Crippen LogP contribution in [0, 0.1) is 0 Å². The van der Waals surface area contributed by atoms with Gasteiger partial charge in [-0.15, -0.1) is 12.4 Å². The van der Waals surface area contributed by atoms with Crippen molar-refractivity contribution in [2.45, 2.75) is 13.3 Å². The Labute approximate surface area is 123 Å². The van der Waals surface area contributed by atoms with Gasteiger partial charge in [-0.1, -0.05) is 6.92 Å². The molecule has 108 valence electrons. The molecule has 20 heavy (non-hydrogen) atoms. The van der Waals surface area contributed by atoms with E-state index >= 15 is 0 Å². The van der Waals surface area contributed by atoms with Crippen molar-refractivity contribution in [3.63, 3.8) is 0 Å². The van der Waals surface area contributed by atoms with Crippen LogP contribution in [0.4, 0.5) is 5.82 Å². The van der Waals surface area contributed by atoms with Crippen LogP contribution in [0.2, 0.25) is 0 Å². The zero-order valence-electron chi connectivity index (χ0n) is 11.4. The number of pyridine rings is 1. The standard InChI is InChI=1S/C13H17N5O.ClH/c1-3-10-12(9-4-6-15-7-5-9)17-18-13(10)16-11(19)8-14-2;/h4-7,14H,3,8H2,1-2H3,(H2,16,17,18,19);1H. The highest BCUT2D eigenvalue weighted by atomic mass is 35.5. The summed E-state index contributed by atoms with van der Waals surface area (Å²) in [4.78, 5) is 15.6. The molecule has 3 N–H and O–H groups in total. The first kappa shape index (κ1) is 16.1. The van der Waals surface area contributed by atoms with E-state index in [4.69, 9.17) is 0 Å². The number of aromatic nitrogens is 3. The van der Waals surface area contributed by atoms with E-state index in [1.807, 2.05) is 19.1 Å². The maximum absolute atomic E-state index is 11.6. The van der Waals surface area contributed by atoms with Crippen molar-refractivity contribution < 1.29 is 4.79 Å². The summed E-state index contributed by atoms with van der Waals surface area (Å²) in [6.45, 7) is 2.30. The van der Waals surface area contributed by atoms with Crippen molar-refractivity contribution in [3.05, 3.63) is 30.1 Å². The summed E-state index contributed by atoms with van der Waals surface area (Å²) in [5.41, 5.74) is 2.92. The predicted molar refractivity (Wildman–Crippen MR) is 81.0 cm³/mol. The molecular formula is C13H18ClN5O. The zero-order valence-corrected chi connectivity index (χ0v) is 12.3. The van der Waals surface area contributed by atoms with Crippen molar-refractivity contribution >= 4 is 24.1 Å². The molecule has 0 bridgehead atoms. The van der Waals surface area contributed by atoms with Crippen molar-refractivity contribution in [2.75, 3.05) is 18.9 Å². The van der Waals surface area contributed by atoms with Crippen LogP contribution >= 0.6 is 12.4 Å².